The summed E-state index contributed by atoms with van der Waals surface area (Å²) in [5.74, 6) is -0.234. The van der Waals surface area contributed by atoms with Crippen LogP contribution in [0.2, 0.25) is 0 Å². The Bertz CT molecular complexity index is 206. The van der Waals surface area contributed by atoms with Crippen LogP contribution in [0.15, 0.2) is 16.9 Å². The van der Waals surface area contributed by atoms with Gasteiger partial charge in [-0.1, -0.05) is 0 Å². The zero-order chi connectivity index (χ0) is 7.56. The fourth-order valence-electron chi connectivity index (χ4n) is 0.707. The summed E-state index contributed by atoms with van der Waals surface area (Å²) in [5.41, 5.74) is 0.425. The van der Waals surface area contributed by atoms with Gasteiger partial charge in [-0.3, -0.25) is 9.79 Å². The smallest absolute Gasteiger partial charge is 0.183 e. The fourth-order valence-corrected chi connectivity index (χ4v) is 0.707. The molecule has 1 aliphatic heterocycles. The van der Waals surface area contributed by atoms with Gasteiger partial charge in [-0.05, 0) is 0 Å². The minimum Gasteiger partial charge on any atom is -0.373 e. The van der Waals surface area contributed by atoms with Crippen LogP contribution >= 0.6 is 0 Å². The number of hydrogen-bond acceptors (Lipinski definition) is 3. The molecular formula is C7H9N2O. The van der Waals surface area contributed by atoms with Gasteiger partial charge < -0.3 is 4.90 Å². The second-order valence-corrected chi connectivity index (χ2v) is 2.19. The molecule has 0 saturated heterocycles. The largest absolute Gasteiger partial charge is 0.373 e. The quantitative estimate of drug-likeness (QED) is 0.519. The molecule has 0 amide bonds. The van der Waals surface area contributed by atoms with E-state index >= 15 is 0 Å². The first-order valence-corrected chi connectivity index (χ1v) is 3.01. The van der Waals surface area contributed by atoms with E-state index in [0.717, 1.165) is 6.54 Å². The molecular weight excluding hydrogens is 128 g/mol. The molecule has 0 fully saturated rings. The van der Waals surface area contributed by atoms with E-state index in [0.29, 0.717) is 5.70 Å². The molecule has 1 rings (SSSR count). The van der Waals surface area contributed by atoms with Crippen LogP contribution in [0, 0.1) is 6.92 Å². The van der Waals surface area contributed by atoms with E-state index in [9.17, 15) is 4.79 Å². The SMILES string of the molecule is [CH2]C(=O)C1=CN(C)CC=N1. The summed E-state index contributed by atoms with van der Waals surface area (Å²) >= 11 is 0. The van der Waals surface area contributed by atoms with Crippen molar-refractivity contribution in [3.63, 3.8) is 0 Å². The van der Waals surface area contributed by atoms with Gasteiger partial charge in [0.15, 0.2) is 5.78 Å². The summed E-state index contributed by atoms with van der Waals surface area (Å²) in [5, 5.41) is 0. The van der Waals surface area contributed by atoms with Gasteiger partial charge in [0.25, 0.3) is 0 Å². The molecule has 3 heteroatoms. The molecule has 1 aliphatic rings. The predicted molar refractivity (Wildman–Crippen MR) is 39.6 cm³/mol. The number of Topliss-reactive ketones (excluding diaryl/α,β-unsaturated/α-hetero) is 1. The number of hydrogen-bond donors (Lipinski definition) is 0. The summed E-state index contributed by atoms with van der Waals surface area (Å²) in [6.45, 7) is 4.01. The second-order valence-electron chi connectivity index (χ2n) is 2.19. The summed E-state index contributed by atoms with van der Waals surface area (Å²) < 4.78 is 0. The van der Waals surface area contributed by atoms with Crippen LogP contribution in [0.25, 0.3) is 0 Å². The Labute approximate surface area is 60.1 Å². The van der Waals surface area contributed by atoms with Crippen molar-refractivity contribution in [1.82, 2.24) is 4.90 Å². The molecule has 0 aromatic rings. The Morgan fingerprint density at radius 2 is 2.60 bits per heavy atom. The van der Waals surface area contributed by atoms with Crippen LogP contribution in [0.5, 0.6) is 0 Å². The van der Waals surface area contributed by atoms with Crippen LogP contribution in [0.4, 0.5) is 0 Å². The number of ketones is 1. The predicted octanol–water partition coefficient (Wildman–Crippen LogP) is 0.247. The van der Waals surface area contributed by atoms with Crippen molar-refractivity contribution in [3.05, 3.63) is 18.8 Å². The Hall–Kier alpha value is -1.12. The van der Waals surface area contributed by atoms with Crippen LogP contribution in [-0.2, 0) is 4.79 Å². The van der Waals surface area contributed by atoms with Crippen molar-refractivity contribution in [2.24, 2.45) is 4.99 Å². The van der Waals surface area contributed by atoms with Gasteiger partial charge in [0, 0.05) is 26.4 Å². The van der Waals surface area contributed by atoms with Crippen molar-refractivity contribution >= 4 is 12.0 Å². The van der Waals surface area contributed by atoms with Crippen molar-refractivity contribution in [3.8, 4) is 0 Å². The first kappa shape index (κ1) is 6.99. The number of allylic oxidation sites excluding steroid dienone is 1. The van der Waals surface area contributed by atoms with E-state index in [1.54, 1.807) is 12.4 Å². The van der Waals surface area contributed by atoms with Gasteiger partial charge in [-0.2, -0.15) is 0 Å². The summed E-state index contributed by atoms with van der Waals surface area (Å²) in [7, 11) is 1.88. The Morgan fingerprint density at radius 3 is 3.00 bits per heavy atom. The maximum Gasteiger partial charge on any atom is 0.183 e. The van der Waals surface area contributed by atoms with E-state index < -0.39 is 0 Å². The second kappa shape index (κ2) is 2.64. The Balaban J connectivity index is 2.76. The lowest BCUT2D eigenvalue weighted by Gasteiger charge is -2.14. The van der Waals surface area contributed by atoms with E-state index in [1.807, 2.05) is 11.9 Å². The number of aliphatic imine (C=N–C) groups is 1. The summed E-state index contributed by atoms with van der Waals surface area (Å²) in [6.07, 6.45) is 3.38. The molecule has 0 bridgehead atoms. The molecule has 0 saturated carbocycles. The highest BCUT2D eigenvalue weighted by molar-refractivity contribution is 5.99. The highest BCUT2D eigenvalue weighted by atomic mass is 16.1. The minimum atomic E-state index is -0.234. The lowest BCUT2D eigenvalue weighted by Crippen LogP contribution is -2.19. The molecule has 0 unspecified atom stereocenters. The molecule has 0 aliphatic carbocycles. The van der Waals surface area contributed by atoms with E-state index in [1.165, 1.54) is 0 Å². The first-order valence-electron chi connectivity index (χ1n) is 3.01. The van der Waals surface area contributed by atoms with Gasteiger partial charge in [0.2, 0.25) is 0 Å². The zero-order valence-corrected chi connectivity index (χ0v) is 5.87. The van der Waals surface area contributed by atoms with Crippen molar-refractivity contribution in [1.29, 1.82) is 0 Å². The molecule has 10 heavy (non-hydrogen) atoms. The van der Waals surface area contributed by atoms with Crippen LogP contribution in [0.3, 0.4) is 0 Å². The maximum absolute atomic E-state index is 10.6. The highest BCUT2D eigenvalue weighted by Gasteiger charge is 2.05. The van der Waals surface area contributed by atoms with Crippen LogP contribution in [0.1, 0.15) is 0 Å². The van der Waals surface area contributed by atoms with Gasteiger partial charge >= 0.3 is 0 Å². The van der Waals surface area contributed by atoms with Crippen molar-refractivity contribution < 1.29 is 4.79 Å². The summed E-state index contributed by atoms with van der Waals surface area (Å²) in [6, 6.07) is 0. The van der Waals surface area contributed by atoms with Crippen LogP contribution < -0.4 is 0 Å². The third-order valence-corrected chi connectivity index (χ3v) is 1.23. The standard InChI is InChI=1S/C7H9N2O/c1-6(10)7-5-9(2)4-3-8-7/h3,5H,1,4H2,2H3. The molecule has 0 N–H and O–H groups in total. The van der Waals surface area contributed by atoms with Crippen molar-refractivity contribution in [2.75, 3.05) is 13.6 Å². The third-order valence-electron chi connectivity index (χ3n) is 1.23. The molecule has 0 aromatic heterocycles. The topological polar surface area (TPSA) is 32.7 Å². The monoisotopic (exact) mass is 137 g/mol. The molecule has 1 heterocycles. The molecule has 1 radical (unpaired) electrons. The Morgan fingerprint density at radius 1 is 1.90 bits per heavy atom. The number of rotatable bonds is 1. The minimum absolute atomic E-state index is 0.234. The van der Waals surface area contributed by atoms with Gasteiger partial charge in [0.1, 0.15) is 5.70 Å². The van der Waals surface area contributed by atoms with Gasteiger partial charge in [-0.25, -0.2) is 0 Å². The molecule has 0 atom stereocenters. The Kier molecular flexibility index (Phi) is 1.85. The number of carbonyl (C=O) groups excluding carboxylic acids is 1. The van der Waals surface area contributed by atoms with E-state index in [-0.39, 0.29) is 5.78 Å². The normalized spacial score (nSPS) is 17.0. The summed E-state index contributed by atoms with van der Waals surface area (Å²) in [4.78, 5) is 16.4. The van der Waals surface area contributed by atoms with E-state index in [2.05, 4.69) is 11.9 Å². The van der Waals surface area contributed by atoms with Gasteiger partial charge in [-0.15, -0.1) is 0 Å². The van der Waals surface area contributed by atoms with E-state index in [4.69, 9.17) is 0 Å². The molecule has 0 spiro atoms. The zero-order valence-electron chi connectivity index (χ0n) is 5.87. The van der Waals surface area contributed by atoms with Gasteiger partial charge in [0.05, 0.1) is 6.54 Å². The lowest BCUT2D eigenvalue weighted by molar-refractivity contribution is -0.111. The lowest BCUT2D eigenvalue weighted by atomic mass is 10.3. The average molecular weight is 137 g/mol. The van der Waals surface area contributed by atoms with Crippen LogP contribution in [-0.4, -0.2) is 30.5 Å². The third kappa shape index (κ3) is 1.43. The number of nitrogens with zero attached hydrogens (tertiary/aromatic N) is 2. The average Bonchev–Trinajstić information content (AvgIpc) is 1.88. The molecule has 53 valence electrons. The maximum atomic E-state index is 10.6. The first-order chi connectivity index (χ1) is 4.70. The molecule has 3 nitrogen and oxygen atoms in total. The fraction of sp³-hybridized carbons (Fsp3) is 0.286. The molecule has 0 aromatic carbocycles. The number of carbonyl (C=O) groups is 1. The highest BCUT2D eigenvalue weighted by Crippen LogP contribution is 2.02. The van der Waals surface area contributed by atoms with Crippen molar-refractivity contribution in [2.45, 2.75) is 0 Å².